The third-order valence-corrected chi connectivity index (χ3v) is 5.61. The van der Waals surface area contributed by atoms with Gasteiger partial charge in [0, 0.05) is 5.92 Å². The van der Waals surface area contributed by atoms with E-state index in [1.54, 1.807) is 4.68 Å². The summed E-state index contributed by atoms with van der Waals surface area (Å²) in [5.74, 6) is -0.331. The van der Waals surface area contributed by atoms with E-state index in [4.69, 9.17) is 4.74 Å². The van der Waals surface area contributed by atoms with E-state index >= 15 is 0 Å². The Hall–Kier alpha value is -2.63. The van der Waals surface area contributed by atoms with Crippen LogP contribution in [-0.4, -0.2) is 28.3 Å². The summed E-state index contributed by atoms with van der Waals surface area (Å²) in [6, 6.07) is 9.99. The highest BCUT2D eigenvalue weighted by Gasteiger charge is 2.32. The van der Waals surface area contributed by atoms with Crippen molar-refractivity contribution >= 4 is 11.9 Å². The van der Waals surface area contributed by atoms with E-state index in [0.717, 1.165) is 37.8 Å². The van der Waals surface area contributed by atoms with Crippen LogP contribution in [0, 0.1) is 0 Å². The predicted molar refractivity (Wildman–Crippen MR) is 110 cm³/mol. The first-order chi connectivity index (χ1) is 13.8. The molecule has 0 saturated heterocycles. The molecule has 1 amide bonds. The largest absolute Gasteiger partial charge is 0.451 e. The molecule has 1 aromatic carbocycles. The van der Waals surface area contributed by atoms with Crippen LogP contribution in [0.15, 0.2) is 30.3 Å². The minimum atomic E-state index is -0.501. The number of nitrogens with zero attached hydrogens (tertiary/aromatic N) is 2. The van der Waals surface area contributed by atoms with Gasteiger partial charge in [-0.2, -0.15) is 5.10 Å². The summed E-state index contributed by atoms with van der Waals surface area (Å²) in [5, 5.41) is 7.65. The lowest BCUT2D eigenvalue weighted by atomic mass is 9.88. The average Bonchev–Trinajstić information content (AvgIpc) is 3.43. The van der Waals surface area contributed by atoms with E-state index in [1.165, 1.54) is 11.1 Å². The SMILES string of the molecule is CC(C)(C)n1nc(C2CC2)cc1C(=O)OCC(=O)NC1CCCc2ccccc21. The topological polar surface area (TPSA) is 73.2 Å². The first-order valence-corrected chi connectivity index (χ1v) is 10.5. The summed E-state index contributed by atoms with van der Waals surface area (Å²) in [6.45, 7) is 5.72. The summed E-state index contributed by atoms with van der Waals surface area (Å²) in [6.07, 6.45) is 5.20. The molecule has 1 unspecified atom stereocenters. The van der Waals surface area contributed by atoms with Gasteiger partial charge in [0.1, 0.15) is 5.69 Å². The van der Waals surface area contributed by atoms with Gasteiger partial charge in [-0.1, -0.05) is 24.3 Å². The van der Waals surface area contributed by atoms with Crippen LogP contribution in [0.1, 0.15) is 85.7 Å². The number of fused-ring (bicyclic) bond motifs is 1. The molecule has 6 heteroatoms. The molecule has 0 radical (unpaired) electrons. The molecular weight excluding hydrogens is 366 g/mol. The number of hydrogen-bond donors (Lipinski definition) is 1. The lowest BCUT2D eigenvalue weighted by molar-refractivity contribution is -0.125. The summed E-state index contributed by atoms with van der Waals surface area (Å²) >= 11 is 0. The Bertz CT molecular complexity index is 922. The quantitative estimate of drug-likeness (QED) is 0.780. The molecule has 1 atom stereocenters. The van der Waals surface area contributed by atoms with Crippen molar-refractivity contribution in [3.63, 3.8) is 0 Å². The zero-order valence-corrected chi connectivity index (χ0v) is 17.4. The number of carbonyl (C=O) groups is 2. The molecular formula is C23H29N3O3. The van der Waals surface area contributed by atoms with Crippen molar-refractivity contribution in [2.24, 2.45) is 0 Å². The number of rotatable bonds is 5. The maximum Gasteiger partial charge on any atom is 0.357 e. The summed E-state index contributed by atoms with van der Waals surface area (Å²) in [4.78, 5) is 25.2. The Morgan fingerprint density at radius 2 is 1.97 bits per heavy atom. The highest BCUT2D eigenvalue weighted by Crippen LogP contribution is 2.40. The summed E-state index contributed by atoms with van der Waals surface area (Å²) in [7, 11) is 0. The van der Waals surface area contributed by atoms with Gasteiger partial charge in [-0.3, -0.25) is 9.48 Å². The molecule has 29 heavy (non-hydrogen) atoms. The highest BCUT2D eigenvalue weighted by atomic mass is 16.5. The van der Waals surface area contributed by atoms with Gasteiger partial charge < -0.3 is 10.1 Å². The monoisotopic (exact) mass is 395 g/mol. The van der Waals surface area contributed by atoms with Crippen molar-refractivity contribution in [3.05, 3.63) is 52.8 Å². The van der Waals surface area contributed by atoms with Gasteiger partial charge in [0.25, 0.3) is 5.91 Å². The van der Waals surface area contributed by atoms with Crippen molar-refractivity contribution in [2.45, 2.75) is 70.4 Å². The summed E-state index contributed by atoms with van der Waals surface area (Å²) in [5.41, 5.74) is 3.46. The van der Waals surface area contributed by atoms with Gasteiger partial charge in [0.15, 0.2) is 6.61 Å². The molecule has 0 spiro atoms. The molecule has 1 fully saturated rings. The third kappa shape index (κ3) is 4.36. The van der Waals surface area contributed by atoms with Gasteiger partial charge in [-0.15, -0.1) is 0 Å². The molecule has 6 nitrogen and oxygen atoms in total. The van der Waals surface area contributed by atoms with Crippen LogP contribution in [0.4, 0.5) is 0 Å². The number of ether oxygens (including phenoxy) is 1. The Labute approximate surface area is 171 Å². The van der Waals surface area contributed by atoms with Gasteiger partial charge in [-0.25, -0.2) is 4.79 Å². The number of hydrogen-bond acceptors (Lipinski definition) is 4. The van der Waals surface area contributed by atoms with Crippen LogP contribution in [-0.2, 0) is 21.5 Å². The fraction of sp³-hybridized carbons (Fsp3) is 0.522. The molecule has 2 aliphatic carbocycles. The van der Waals surface area contributed by atoms with E-state index in [1.807, 2.05) is 39.0 Å². The van der Waals surface area contributed by atoms with E-state index in [9.17, 15) is 9.59 Å². The van der Waals surface area contributed by atoms with E-state index in [0.29, 0.717) is 11.6 Å². The van der Waals surface area contributed by atoms with Gasteiger partial charge >= 0.3 is 5.97 Å². The standard InChI is InChI=1S/C23H29N3O3/c1-23(2,3)26-20(13-19(25-26)16-11-12-16)22(28)29-14-21(27)24-18-10-6-8-15-7-4-5-9-17(15)18/h4-5,7,9,13,16,18H,6,8,10-12,14H2,1-3H3,(H,24,27). The number of carbonyl (C=O) groups excluding carboxylic acids is 2. The van der Waals surface area contributed by atoms with Gasteiger partial charge in [-0.05, 0) is 70.1 Å². The predicted octanol–water partition coefficient (Wildman–Crippen LogP) is 3.87. The van der Waals surface area contributed by atoms with Gasteiger partial charge in [0.05, 0.1) is 17.3 Å². The average molecular weight is 396 g/mol. The minimum absolute atomic E-state index is 0.0206. The van der Waals surface area contributed by atoms with E-state index < -0.39 is 5.97 Å². The molecule has 1 aromatic heterocycles. The lowest BCUT2D eigenvalue weighted by Gasteiger charge is -2.26. The molecule has 0 bridgehead atoms. The van der Waals surface area contributed by atoms with Crippen LogP contribution in [0.2, 0.25) is 0 Å². The lowest BCUT2D eigenvalue weighted by Crippen LogP contribution is -2.35. The van der Waals surface area contributed by atoms with Crippen molar-refractivity contribution < 1.29 is 14.3 Å². The molecule has 1 saturated carbocycles. The normalized spacial score (nSPS) is 18.8. The smallest absolute Gasteiger partial charge is 0.357 e. The highest BCUT2D eigenvalue weighted by molar-refractivity contribution is 5.90. The Morgan fingerprint density at radius 1 is 1.21 bits per heavy atom. The van der Waals surface area contributed by atoms with Crippen LogP contribution in [0.3, 0.4) is 0 Å². The first kappa shape index (κ1) is 19.7. The second kappa shape index (κ2) is 7.65. The minimum Gasteiger partial charge on any atom is -0.451 e. The van der Waals surface area contributed by atoms with Crippen molar-refractivity contribution in [1.29, 1.82) is 0 Å². The van der Waals surface area contributed by atoms with Crippen molar-refractivity contribution in [3.8, 4) is 0 Å². The second-order valence-electron chi connectivity index (χ2n) is 9.10. The van der Waals surface area contributed by atoms with Gasteiger partial charge in [0.2, 0.25) is 0 Å². The third-order valence-electron chi connectivity index (χ3n) is 5.61. The number of aryl methyl sites for hydroxylation is 1. The zero-order valence-electron chi connectivity index (χ0n) is 17.4. The Kier molecular flexibility index (Phi) is 5.19. The second-order valence-corrected chi connectivity index (χ2v) is 9.10. The molecule has 4 rings (SSSR count). The Balaban J connectivity index is 1.40. The molecule has 1 N–H and O–H groups in total. The zero-order chi connectivity index (χ0) is 20.6. The Morgan fingerprint density at radius 3 is 2.69 bits per heavy atom. The maximum absolute atomic E-state index is 12.7. The molecule has 0 aliphatic heterocycles. The van der Waals surface area contributed by atoms with E-state index in [-0.39, 0.29) is 24.1 Å². The molecule has 2 aliphatic rings. The fourth-order valence-corrected chi connectivity index (χ4v) is 3.98. The summed E-state index contributed by atoms with van der Waals surface area (Å²) < 4.78 is 7.08. The van der Waals surface area contributed by atoms with Crippen LogP contribution in [0.25, 0.3) is 0 Å². The molecule has 154 valence electrons. The fourth-order valence-electron chi connectivity index (χ4n) is 3.98. The van der Waals surface area contributed by atoms with E-state index in [2.05, 4.69) is 22.5 Å². The van der Waals surface area contributed by atoms with Crippen LogP contribution in [0.5, 0.6) is 0 Å². The number of nitrogens with one attached hydrogen (secondary N) is 1. The molecule has 2 aromatic rings. The van der Waals surface area contributed by atoms with Crippen molar-refractivity contribution in [1.82, 2.24) is 15.1 Å². The number of aromatic nitrogens is 2. The number of amides is 1. The first-order valence-electron chi connectivity index (χ1n) is 10.5. The van der Waals surface area contributed by atoms with Crippen LogP contribution < -0.4 is 5.32 Å². The number of benzene rings is 1. The van der Waals surface area contributed by atoms with Crippen LogP contribution >= 0.6 is 0 Å². The molecule has 1 heterocycles. The van der Waals surface area contributed by atoms with Crippen molar-refractivity contribution in [2.75, 3.05) is 6.61 Å². The maximum atomic E-state index is 12.7. The number of esters is 1.